The average Bonchev–Trinajstić information content (AvgIpc) is 2.81. The Morgan fingerprint density at radius 2 is 2.14 bits per heavy atom. The first-order chi connectivity index (χ1) is 10.1. The Morgan fingerprint density at radius 3 is 2.76 bits per heavy atom. The number of halogens is 3. The second-order valence-electron chi connectivity index (χ2n) is 4.72. The highest BCUT2D eigenvalue weighted by atomic mass is 35.5. The Labute approximate surface area is 133 Å². The number of rotatable bonds is 6. The van der Waals surface area contributed by atoms with Crippen LogP contribution in [0, 0.1) is 5.82 Å². The minimum Gasteiger partial charge on any atom is -0.271 e. The zero-order chi connectivity index (χ0) is 15.4. The maximum atomic E-state index is 13.9. The van der Waals surface area contributed by atoms with Gasteiger partial charge >= 0.3 is 0 Å². The van der Waals surface area contributed by atoms with E-state index in [1.807, 2.05) is 6.92 Å². The van der Waals surface area contributed by atoms with Crippen molar-refractivity contribution in [2.75, 3.05) is 0 Å². The highest BCUT2D eigenvalue weighted by Gasteiger charge is 2.22. The maximum absolute atomic E-state index is 13.9. The molecule has 21 heavy (non-hydrogen) atoms. The minimum absolute atomic E-state index is 0.289. The smallest absolute Gasteiger partial charge is 0.127 e. The maximum Gasteiger partial charge on any atom is 0.127 e. The summed E-state index contributed by atoms with van der Waals surface area (Å²) in [4.78, 5) is 0. The monoisotopic (exact) mass is 330 g/mol. The van der Waals surface area contributed by atoms with Crippen molar-refractivity contribution in [1.29, 1.82) is 0 Å². The van der Waals surface area contributed by atoms with E-state index >= 15 is 0 Å². The van der Waals surface area contributed by atoms with Crippen LogP contribution < -0.4 is 11.3 Å². The van der Waals surface area contributed by atoms with Crippen LogP contribution in [0.2, 0.25) is 10.0 Å². The molecule has 7 heteroatoms. The van der Waals surface area contributed by atoms with Crippen molar-refractivity contribution in [1.82, 2.24) is 15.2 Å². The first kappa shape index (κ1) is 16.2. The lowest BCUT2D eigenvalue weighted by Gasteiger charge is -2.19. The standard InChI is InChI=1S/C14H17Cl2FN4/c1-2-6-21-14(11(16)8-19-21)13(20-18)7-9-10(15)4-3-5-12(9)17/h3-5,8,13,20H,2,6-7,18H2,1H3. The van der Waals surface area contributed by atoms with E-state index in [1.165, 1.54) is 6.07 Å². The average molecular weight is 331 g/mol. The van der Waals surface area contributed by atoms with Crippen LogP contribution in [-0.2, 0) is 13.0 Å². The van der Waals surface area contributed by atoms with Crippen LogP contribution in [0.1, 0.15) is 30.6 Å². The molecular formula is C14H17Cl2FN4. The van der Waals surface area contributed by atoms with E-state index in [4.69, 9.17) is 29.0 Å². The Morgan fingerprint density at radius 1 is 1.38 bits per heavy atom. The van der Waals surface area contributed by atoms with Crippen LogP contribution in [0.5, 0.6) is 0 Å². The van der Waals surface area contributed by atoms with Crippen LogP contribution in [0.15, 0.2) is 24.4 Å². The molecule has 0 amide bonds. The largest absolute Gasteiger partial charge is 0.271 e. The van der Waals surface area contributed by atoms with Gasteiger partial charge in [-0.15, -0.1) is 0 Å². The molecule has 4 nitrogen and oxygen atoms in total. The van der Waals surface area contributed by atoms with Gasteiger partial charge in [0.2, 0.25) is 0 Å². The third-order valence-electron chi connectivity index (χ3n) is 3.27. The third kappa shape index (κ3) is 3.55. The van der Waals surface area contributed by atoms with E-state index < -0.39 is 0 Å². The molecule has 0 aliphatic carbocycles. The van der Waals surface area contributed by atoms with Crippen LogP contribution >= 0.6 is 23.2 Å². The van der Waals surface area contributed by atoms with Crippen molar-refractivity contribution in [3.05, 3.63) is 51.5 Å². The molecule has 0 aliphatic rings. The molecule has 1 atom stereocenters. The van der Waals surface area contributed by atoms with Crippen LogP contribution in [0.4, 0.5) is 4.39 Å². The molecule has 2 aromatic rings. The number of nitrogens with one attached hydrogen (secondary N) is 1. The number of aromatic nitrogens is 2. The molecule has 114 valence electrons. The number of hydrazine groups is 1. The summed E-state index contributed by atoms with van der Waals surface area (Å²) in [5.74, 6) is 5.27. The summed E-state index contributed by atoms with van der Waals surface area (Å²) in [6.07, 6.45) is 2.76. The van der Waals surface area contributed by atoms with Gasteiger partial charge in [0.25, 0.3) is 0 Å². The summed E-state index contributed by atoms with van der Waals surface area (Å²) in [6.45, 7) is 2.75. The SMILES string of the molecule is CCCn1ncc(Cl)c1C(Cc1c(F)cccc1Cl)NN. The van der Waals surface area contributed by atoms with Crippen LogP contribution in [0.25, 0.3) is 0 Å². The van der Waals surface area contributed by atoms with Gasteiger partial charge in [-0.2, -0.15) is 5.10 Å². The van der Waals surface area contributed by atoms with Crippen molar-refractivity contribution in [3.8, 4) is 0 Å². The molecular weight excluding hydrogens is 314 g/mol. The number of benzene rings is 1. The number of nitrogens with two attached hydrogens (primary N) is 1. The predicted molar refractivity (Wildman–Crippen MR) is 82.7 cm³/mol. The molecule has 0 bridgehead atoms. The highest BCUT2D eigenvalue weighted by Crippen LogP contribution is 2.29. The zero-order valence-corrected chi connectivity index (χ0v) is 13.1. The molecule has 3 N–H and O–H groups in total. The van der Waals surface area contributed by atoms with Gasteiger partial charge in [-0.1, -0.05) is 36.2 Å². The molecule has 0 saturated heterocycles. The quantitative estimate of drug-likeness (QED) is 0.629. The second-order valence-corrected chi connectivity index (χ2v) is 5.54. The summed E-state index contributed by atoms with van der Waals surface area (Å²) >= 11 is 12.3. The predicted octanol–water partition coefficient (Wildman–Crippen LogP) is 3.49. The first-order valence-electron chi connectivity index (χ1n) is 6.68. The van der Waals surface area contributed by atoms with Gasteiger partial charge in [-0.05, 0) is 25.0 Å². The molecule has 0 spiro atoms. The van der Waals surface area contributed by atoms with Crippen LogP contribution in [-0.4, -0.2) is 9.78 Å². The van der Waals surface area contributed by atoms with Gasteiger partial charge in [0.15, 0.2) is 0 Å². The van der Waals surface area contributed by atoms with Gasteiger partial charge in [-0.3, -0.25) is 16.0 Å². The van der Waals surface area contributed by atoms with E-state index in [-0.39, 0.29) is 18.3 Å². The van der Waals surface area contributed by atoms with Gasteiger partial charge < -0.3 is 0 Å². The van der Waals surface area contributed by atoms with Gasteiger partial charge in [0.05, 0.1) is 23.0 Å². The Kier molecular flexibility index (Phi) is 5.58. The normalized spacial score (nSPS) is 12.6. The molecule has 2 rings (SSSR count). The van der Waals surface area contributed by atoms with Gasteiger partial charge in [-0.25, -0.2) is 4.39 Å². The van der Waals surface area contributed by atoms with Crippen molar-refractivity contribution in [2.24, 2.45) is 5.84 Å². The zero-order valence-electron chi connectivity index (χ0n) is 11.6. The number of nitrogens with zero attached hydrogens (tertiary/aromatic N) is 2. The van der Waals surface area contributed by atoms with E-state index in [1.54, 1.807) is 23.0 Å². The number of hydrogen-bond acceptors (Lipinski definition) is 3. The van der Waals surface area contributed by atoms with Crippen molar-refractivity contribution in [3.63, 3.8) is 0 Å². The van der Waals surface area contributed by atoms with E-state index in [0.29, 0.717) is 22.2 Å². The van der Waals surface area contributed by atoms with Crippen LogP contribution in [0.3, 0.4) is 0 Å². The highest BCUT2D eigenvalue weighted by molar-refractivity contribution is 6.31. The fraction of sp³-hybridized carbons (Fsp3) is 0.357. The third-order valence-corrected chi connectivity index (χ3v) is 3.92. The Bertz CT molecular complexity index is 595. The molecule has 0 radical (unpaired) electrons. The number of aryl methyl sites for hydroxylation is 1. The summed E-state index contributed by atoms with van der Waals surface area (Å²) < 4.78 is 15.7. The summed E-state index contributed by atoms with van der Waals surface area (Å²) in [5.41, 5.74) is 3.82. The van der Waals surface area contributed by atoms with Crippen molar-refractivity contribution in [2.45, 2.75) is 32.4 Å². The molecule has 1 heterocycles. The molecule has 1 aromatic heterocycles. The fourth-order valence-electron chi connectivity index (χ4n) is 2.27. The summed E-state index contributed by atoms with van der Waals surface area (Å²) in [5, 5.41) is 5.09. The lowest BCUT2D eigenvalue weighted by molar-refractivity contribution is 0.470. The fourth-order valence-corrected chi connectivity index (χ4v) is 2.79. The topological polar surface area (TPSA) is 55.9 Å². The van der Waals surface area contributed by atoms with E-state index in [0.717, 1.165) is 12.1 Å². The van der Waals surface area contributed by atoms with Crippen molar-refractivity contribution >= 4 is 23.2 Å². The Balaban J connectivity index is 2.35. The molecule has 0 aliphatic heterocycles. The lowest BCUT2D eigenvalue weighted by Crippen LogP contribution is -2.32. The summed E-state index contributed by atoms with van der Waals surface area (Å²) in [7, 11) is 0. The molecule has 0 fully saturated rings. The first-order valence-corrected chi connectivity index (χ1v) is 7.44. The van der Waals surface area contributed by atoms with Gasteiger partial charge in [0.1, 0.15) is 5.82 Å². The number of hydrogen-bond donors (Lipinski definition) is 2. The van der Waals surface area contributed by atoms with E-state index in [2.05, 4.69) is 10.5 Å². The Hall–Kier alpha value is -1.14. The lowest BCUT2D eigenvalue weighted by atomic mass is 10.0. The van der Waals surface area contributed by atoms with E-state index in [9.17, 15) is 4.39 Å². The molecule has 0 saturated carbocycles. The second kappa shape index (κ2) is 7.22. The summed E-state index contributed by atoms with van der Waals surface area (Å²) in [6, 6.07) is 4.22. The minimum atomic E-state index is -0.374. The molecule has 1 unspecified atom stereocenters. The van der Waals surface area contributed by atoms with Gasteiger partial charge in [0, 0.05) is 17.1 Å². The van der Waals surface area contributed by atoms with Crippen molar-refractivity contribution < 1.29 is 4.39 Å². The molecule has 1 aromatic carbocycles.